The predicted molar refractivity (Wildman–Crippen MR) is 74.0 cm³/mol. The lowest BCUT2D eigenvalue weighted by atomic mass is 10.3. The lowest BCUT2D eigenvalue weighted by Crippen LogP contribution is -2.21. The largest absolute Gasteiger partial charge is 0.484 e. The molecule has 0 radical (unpaired) electrons. The standard InChI is InChI=1S/C12H17N3O3S/c13-12(14)7-18-11-4-2-1-3-10(11)15-19(16,17)8-9-5-6-9/h1-4,9,15H,5-8H2,(H3,13,14). The third-order valence-electron chi connectivity index (χ3n) is 2.69. The summed E-state index contributed by atoms with van der Waals surface area (Å²) >= 11 is 0. The molecule has 4 N–H and O–H groups in total. The summed E-state index contributed by atoms with van der Waals surface area (Å²) in [6, 6.07) is 6.71. The van der Waals surface area contributed by atoms with E-state index in [1.807, 2.05) is 0 Å². The van der Waals surface area contributed by atoms with E-state index in [0.717, 1.165) is 12.8 Å². The summed E-state index contributed by atoms with van der Waals surface area (Å²) in [4.78, 5) is 0. The third-order valence-corrected chi connectivity index (χ3v) is 4.13. The second kappa shape index (κ2) is 5.48. The van der Waals surface area contributed by atoms with Gasteiger partial charge in [-0.15, -0.1) is 0 Å². The zero-order valence-corrected chi connectivity index (χ0v) is 11.2. The van der Waals surface area contributed by atoms with Crippen LogP contribution in [0.5, 0.6) is 5.75 Å². The van der Waals surface area contributed by atoms with E-state index in [1.165, 1.54) is 0 Å². The van der Waals surface area contributed by atoms with Crippen molar-refractivity contribution in [1.82, 2.24) is 0 Å². The van der Waals surface area contributed by atoms with E-state index in [0.29, 0.717) is 11.4 Å². The first-order valence-electron chi connectivity index (χ1n) is 6.01. The molecule has 0 unspecified atom stereocenters. The number of rotatable bonds is 7. The summed E-state index contributed by atoms with van der Waals surface area (Å²) in [7, 11) is -3.35. The summed E-state index contributed by atoms with van der Waals surface area (Å²) in [6.07, 6.45) is 1.95. The van der Waals surface area contributed by atoms with Gasteiger partial charge in [0.15, 0.2) is 0 Å². The van der Waals surface area contributed by atoms with Crippen molar-refractivity contribution >= 4 is 21.5 Å². The molecule has 19 heavy (non-hydrogen) atoms. The highest BCUT2D eigenvalue weighted by Gasteiger charge is 2.28. The first-order valence-corrected chi connectivity index (χ1v) is 7.67. The van der Waals surface area contributed by atoms with E-state index < -0.39 is 10.0 Å². The zero-order valence-electron chi connectivity index (χ0n) is 10.4. The van der Waals surface area contributed by atoms with Crippen LogP contribution in [0.2, 0.25) is 0 Å². The molecule has 1 saturated carbocycles. The average Bonchev–Trinajstić information content (AvgIpc) is 3.10. The van der Waals surface area contributed by atoms with Crippen molar-refractivity contribution < 1.29 is 13.2 Å². The van der Waals surface area contributed by atoms with Crippen LogP contribution in [0.1, 0.15) is 12.8 Å². The second-order valence-corrected chi connectivity index (χ2v) is 6.40. The molecule has 0 spiro atoms. The number of amidine groups is 1. The molecule has 1 aliphatic carbocycles. The molecule has 0 heterocycles. The highest BCUT2D eigenvalue weighted by Crippen LogP contribution is 2.32. The molecule has 0 aliphatic heterocycles. The first kappa shape index (κ1) is 13.7. The Morgan fingerprint density at radius 2 is 2.11 bits per heavy atom. The van der Waals surface area contributed by atoms with Gasteiger partial charge < -0.3 is 10.5 Å². The van der Waals surface area contributed by atoms with Crippen LogP contribution in [0, 0.1) is 11.3 Å². The van der Waals surface area contributed by atoms with Crippen molar-refractivity contribution in [2.45, 2.75) is 12.8 Å². The maximum absolute atomic E-state index is 11.9. The van der Waals surface area contributed by atoms with E-state index in [9.17, 15) is 8.42 Å². The van der Waals surface area contributed by atoms with Gasteiger partial charge in [-0.2, -0.15) is 0 Å². The Kier molecular flexibility index (Phi) is 3.94. The highest BCUT2D eigenvalue weighted by atomic mass is 32.2. The molecule has 0 aromatic heterocycles. The predicted octanol–water partition coefficient (Wildman–Crippen LogP) is 1.15. The van der Waals surface area contributed by atoms with E-state index in [-0.39, 0.29) is 24.1 Å². The summed E-state index contributed by atoms with van der Waals surface area (Å²) < 4.78 is 31.6. The summed E-state index contributed by atoms with van der Waals surface area (Å²) in [5.41, 5.74) is 5.59. The zero-order chi connectivity index (χ0) is 13.9. The Labute approximate surface area is 112 Å². The van der Waals surface area contributed by atoms with E-state index >= 15 is 0 Å². The minimum Gasteiger partial charge on any atom is -0.484 e. The van der Waals surface area contributed by atoms with Gasteiger partial charge in [0, 0.05) is 0 Å². The number of anilines is 1. The van der Waals surface area contributed by atoms with Gasteiger partial charge in [-0.1, -0.05) is 12.1 Å². The van der Waals surface area contributed by atoms with Crippen LogP contribution in [-0.2, 0) is 10.0 Å². The van der Waals surface area contributed by atoms with Crippen LogP contribution in [0.4, 0.5) is 5.69 Å². The fourth-order valence-corrected chi connectivity index (χ4v) is 3.18. The monoisotopic (exact) mass is 283 g/mol. The van der Waals surface area contributed by atoms with Crippen LogP contribution in [0.15, 0.2) is 24.3 Å². The van der Waals surface area contributed by atoms with Crippen molar-refractivity contribution in [3.63, 3.8) is 0 Å². The molecule has 0 bridgehead atoms. The van der Waals surface area contributed by atoms with Gasteiger partial charge in [0.2, 0.25) is 10.0 Å². The molecule has 0 saturated heterocycles. The fraction of sp³-hybridized carbons (Fsp3) is 0.417. The van der Waals surface area contributed by atoms with Gasteiger partial charge in [-0.25, -0.2) is 8.42 Å². The fourth-order valence-electron chi connectivity index (χ4n) is 1.64. The molecular weight excluding hydrogens is 266 g/mol. The van der Waals surface area contributed by atoms with Crippen molar-refractivity contribution in [2.24, 2.45) is 11.7 Å². The molecule has 0 atom stereocenters. The van der Waals surface area contributed by atoms with Crippen LogP contribution in [0.25, 0.3) is 0 Å². The Morgan fingerprint density at radius 3 is 2.74 bits per heavy atom. The molecule has 1 fully saturated rings. The second-order valence-electron chi connectivity index (χ2n) is 4.64. The number of hydrogen-bond acceptors (Lipinski definition) is 4. The van der Waals surface area contributed by atoms with Gasteiger partial charge in [0.05, 0.1) is 11.4 Å². The number of para-hydroxylation sites is 2. The number of hydrogen-bond donors (Lipinski definition) is 3. The average molecular weight is 283 g/mol. The van der Waals surface area contributed by atoms with Crippen LogP contribution in [0.3, 0.4) is 0 Å². The number of ether oxygens (including phenoxy) is 1. The number of nitrogens with two attached hydrogens (primary N) is 1. The molecule has 1 aliphatic rings. The molecule has 1 aromatic rings. The molecule has 6 nitrogen and oxygen atoms in total. The molecule has 7 heteroatoms. The smallest absolute Gasteiger partial charge is 0.233 e. The van der Waals surface area contributed by atoms with Crippen molar-refractivity contribution in [3.8, 4) is 5.75 Å². The van der Waals surface area contributed by atoms with Crippen molar-refractivity contribution in [3.05, 3.63) is 24.3 Å². The van der Waals surface area contributed by atoms with E-state index in [2.05, 4.69) is 4.72 Å². The normalized spacial score (nSPS) is 14.9. The number of sulfonamides is 1. The summed E-state index contributed by atoms with van der Waals surface area (Å²) in [5, 5.41) is 7.11. The molecule has 104 valence electrons. The Bertz CT molecular complexity index is 567. The SMILES string of the molecule is N=C(N)COc1ccccc1NS(=O)(=O)CC1CC1. The maximum Gasteiger partial charge on any atom is 0.233 e. The van der Waals surface area contributed by atoms with Gasteiger partial charge in [-0.05, 0) is 30.9 Å². The van der Waals surface area contributed by atoms with Crippen LogP contribution in [-0.4, -0.2) is 26.6 Å². The molecule has 0 amide bonds. The quantitative estimate of drug-likeness (QED) is 0.515. The number of nitrogens with one attached hydrogen (secondary N) is 2. The summed E-state index contributed by atoms with van der Waals surface area (Å²) in [6.45, 7) is -0.0681. The molecule has 2 rings (SSSR count). The Morgan fingerprint density at radius 1 is 1.42 bits per heavy atom. The minimum atomic E-state index is -3.35. The topological polar surface area (TPSA) is 105 Å². The van der Waals surface area contributed by atoms with E-state index in [4.69, 9.17) is 15.9 Å². The van der Waals surface area contributed by atoms with Gasteiger partial charge in [-0.3, -0.25) is 10.1 Å². The lowest BCUT2D eigenvalue weighted by Gasteiger charge is -2.12. The van der Waals surface area contributed by atoms with E-state index in [1.54, 1.807) is 24.3 Å². The van der Waals surface area contributed by atoms with Gasteiger partial charge >= 0.3 is 0 Å². The number of benzene rings is 1. The Balaban J connectivity index is 2.08. The minimum absolute atomic E-state index is 0.0681. The lowest BCUT2D eigenvalue weighted by molar-refractivity contribution is 0.376. The van der Waals surface area contributed by atoms with Crippen LogP contribution < -0.4 is 15.2 Å². The molecular formula is C12H17N3O3S. The first-order chi connectivity index (χ1) is 8.96. The van der Waals surface area contributed by atoms with Gasteiger partial charge in [0.25, 0.3) is 0 Å². The van der Waals surface area contributed by atoms with Crippen molar-refractivity contribution in [2.75, 3.05) is 17.1 Å². The highest BCUT2D eigenvalue weighted by molar-refractivity contribution is 7.92. The maximum atomic E-state index is 11.9. The van der Waals surface area contributed by atoms with Crippen LogP contribution >= 0.6 is 0 Å². The Hall–Kier alpha value is -1.76. The molecule has 1 aromatic carbocycles. The summed E-state index contributed by atoms with van der Waals surface area (Å²) in [5.74, 6) is 0.684. The van der Waals surface area contributed by atoms with Crippen molar-refractivity contribution in [1.29, 1.82) is 5.41 Å². The third kappa shape index (κ3) is 4.44. The van der Waals surface area contributed by atoms with Gasteiger partial charge in [0.1, 0.15) is 18.2 Å².